The molecule has 0 aliphatic carbocycles. The molecular formula is C19H13ClOS. The van der Waals surface area contributed by atoms with E-state index in [0.29, 0.717) is 16.1 Å². The Bertz CT molecular complexity index is 782. The van der Waals surface area contributed by atoms with Gasteiger partial charge in [0, 0.05) is 25.9 Å². The number of carbonyl (C=O) groups excluding carboxylic acids is 1. The van der Waals surface area contributed by atoms with Gasteiger partial charge in [0.15, 0.2) is 5.78 Å². The summed E-state index contributed by atoms with van der Waals surface area (Å²) in [6.07, 6.45) is 0. The van der Waals surface area contributed by atoms with Crippen LogP contribution in [0.25, 0.3) is 0 Å². The zero-order valence-corrected chi connectivity index (χ0v) is 13.3. The first-order valence-corrected chi connectivity index (χ1v) is 8.06. The number of hydrogen-bond acceptors (Lipinski definition) is 2. The van der Waals surface area contributed by atoms with Crippen LogP contribution in [0.2, 0.25) is 5.02 Å². The number of hydrogen-bond donors (Lipinski definition) is 0. The molecule has 0 saturated heterocycles. The minimum absolute atomic E-state index is 0.00991. The van der Waals surface area contributed by atoms with Crippen LogP contribution >= 0.6 is 23.4 Å². The van der Waals surface area contributed by atoms with E-state index in [1.165, 1.54) is 0 Å². The van der Waals surface area contributed by atoms with Gasteiger partial charge in [0.2, 0.25) is 0 Å². The average molecular weight is 325 g/mol. The fourth-order valence-corrected chi connectivity index (χ4v) is 3.21. The summed E-state index contributed by atoms with van der Waals surface area (Å²) in [5.41, 5.74) is 1.35. The van der Waals surface area contributed by atoms with Gasteiger partial charge in [-0.3, -0.25) is 4.79 Å². The molecule has 0 aromatic heterocycles. The lowest BCUT2D eigenvalue weighted by Crippen LogP contribution is -2.02. The van der Waals surface area contributed by atoms with Crippen molar-refractivity contribution < 1.29 is 4.79 Å². The minimum Gasteiger partial charge on any atom is -0.289 e. The van der Waals surface area contributed by atoms with E-state index in [9.17, 15) is 4.79 Å². The Morgan fingerprint density at radius 2 is 1.41 bits per heavy atom. The van der Waals surface area contributed by atoms with E-state index in [2.05, 4.69) is 0 Å². The minimum atomic E-state index is 0.00991. The topological polar surface area (TPSA) is 17.1 Å². The third kappa shape index (κ3) is 3.41. The Balaban J connectivity index is 1.94. The molecule has 0 heterocycles. The quantitative estimate of drug-likeness (QED) is 0.571. The second-order valence-electron chi connectivity index (χ2n) is 4.75. The third-order valence-corrected chi connectivity index (χ3v) is 4.54. The molecule has 1 nitrogen and oxygen atoms in total. The van der Waals surface area contributed by atoms with E-state index in [4.69, 9.17) is 11.6 Å². The molecule has 3 aromatic rings. The van der Waals surface area contributed by atoms with Gasteiger partial charge in [0.25, 0.3) is 0 Å². The molecule has 0 fully saturated rings. The molecule has 0 radical (unpaired) electrons. The fourth-order valence-electron chi connectivity index (χ4n) is 2.12. The fraction of sp³-hybridized carbons (Fsp3) is 0. The number of rotatable bonds is 4. The molecule has 3 rings (SSSR count). The zero-order chi connectivity index (χ0) is 15.4. The average Bonchev–Trinajstić information content (AvgIpc) is 2.56. The zero-order valence-electron chi connectivity index (χ0n) is 11.7. The van der Waals surface area contributed by atoms with Crippen molar-refractivity contribution in [3.63, 3.8) is 0 Å². The lowest BCUT2D eigenvalue weighted by molar-refractivity contribution is 0.103. The Labute approximate surface area is 138 Å². The van der Waals surface area contributed by atoms with Gasteiger partial charge in [-0.1, -0.05) is 53.7 Å². The number of carbonyl (C=O) groups is 1. The van der Waals surface area contributed by atoms with Crippen molar-refractivity contribution in [3.8, 4) is 0 Å². The van der Waals surface area contributed by atoms with Crippen LogP contribution in [0.3, 0.4) is 0 Å². The van der Waals surface area contributed by atoms with Crippen LogP contribution in [0.5, 0.6) is 0 Å². The summed E-state index contributed by atoms with van der Waals surface area (Å²) >= 11 is 7.48. The predicted molar refractivity (Wildman–Crippen MR) is 91.9 cm³/mol. The summed E-state index contributed by atoms with van der Waals surface area (Å²) < 4.78 is 0. The van der Waals surface area contributed by atoms with Gasteiger partial charge in [-0.2, -0.15) is 0 Å². The van der Waals surface area contributed by atoms with Gasteiger partial charge in [-0.05, 0) is 48.5 Å². The summed E-state index contributed by atoms with van der Waals surface area (Å²) in [6, 6.07) is 24.7. The van der Waals surface area contributed by atoms with Gasteiger partial charge in [0.05, 0.1) is 0 Å². The number of ketones is 1. The largest absolute Gasteiger partial charge is 0.289 e. The SMILES string of the molecule is O=C(c1ccc(Cl)cc1)c1ccccc1Sc1ccccc1. The van der Waals surface area contributed by atoms with E-state index in [0.717, 1.165) is 9.79 Å². The Hall–Kier alpha value is -2.03. The molecular weight excluding hydrogens is 312 g/mol. The maximum Gasteiger partial charge on any atom is 0.194 e. The van der Waals surface area contributed by atoms with Crippen LogP contribution < -0.4 is 0 Å². The molecule has 3 heteroatoms. The molecule has 0 saturated carbocycles. The van der Waals surface area contributed by atoms with Crippen LogP contribution in [-0.4, -0.2) is 5.78 Å². The van der Waals surface area contributed by atoms with Gasteiger partial charge in [0.1, 0.15) is 0 Å². The molecule has 0 aliphatic heterocycles. The van der Waals surface area contributed by atoms with Crippen molar-refractivity contribution in [2.75, 3.05) is 0 Å². The highest BCUT2D eigenvalue weighted by Crippen LogP contribution is 2.31. The van der Waals surface area contributed by atoms with Crippen LogP contribution in [0, 0.1) is 0 Å². The lowest BCUT2D eigenvalue weighted by Gasteiger charge is -2.08. The normalized spacial score (nSPS) is 10.4. The highest BCUT2D eigenvalue weighted by molar-refractivity contribution is 7.99. The Kier molecular flexibility index (Phi) is 4.62. The molecule has 0 spiro atoms. The van der Waals surface area contributed by atoms with Gasteiger partial charge < -0.3 is 0 Å². The van der Waals surface area contributed by atoms with Crippen molar-refractivity contribution in [2.45, 2.75) is 9.79 Å². The van der Waals surface area contributed by atoms with Crippen molar-refractivity contribution >= 4 is 29.1 Å². The maximum absolute atomic E-state index is 12.7. The van der Waals surface area contributed by atoms with Crippen LogP contribution in [0.15, 0.2) is 88.7 Å². The summed E-state index contributed by atoms with van der Waals surface area (Å²) in [5.74, 6) is 0.00991. The van der Waals surface area contributed by atoms with Crippen LogP contribution in [0.1, 0.15) is 15.9 Å². The number of benzene rings is 3. The number of halogens is 1. The predicted octanol–water partition coefficient (Wildman–Crippen LogP) is 5.72. The standard InChI is InChI=1S/C19H13ClOS/c20-15-12-10-14(11-13-15)19(21)17-8-4-5-9-18(17)22-16-6-2-1-3-7-16/h1-13H. The Morgan fingerprint density at radius 1 is 0.773 bits per heavy atom. The van der Waals surface area contributed by atoms with Crippen molar-refractivity contribution in [2.24, 2.45) is 0 Å². The molecule has 22 heavy (non-hydrogen) atoms. The second kappa shape index (κ2) is 6.82. The monoisotopic (exact) mass is 324 g/mol. The van der Waals surface area contributed by atoms with E-state index < -0.39 is 0 Å². The molecule has 0 unspecified atom stereocenters. The molecule has 0 amide bonds. The molecule has 0 atom stereocenters. The summed E-state index contributed by atoms with van der Waals surface area (Å²) in [4.78, 5) is 14.8. The first-order valence-electron chi connectivity index (χ1n) is 6.86. The summed E-state index contributed by atoms with van der Waals surface area (Å²) in [6.45, 7) is 0. The van der Waals surface area contributed by atoms with Crippen molar-refractivity contribution in [1.29, 1.82) is 0 Å². The smallest absolute Gasteiger partial charge is 0.194 e. The van der Waals surface area contributed by atoms with Gasteiger partial charge in [-0.25, -0.2) is 0 Å². The second-order valence-corrected chi connectivity index (χ2v) is 6.30. The highest BCUT2D eigenvalue weighted by atomic mass is 35.5. The summed E-state index contributed by atoms with van der Waals surface area (Å²) in [5, 5.41) is 0.628. The third-order valence-electron chi connectivity index (χ3n) is 3.21. The van der Waals surface area contributed by atoms with Gasteiger partial charge in [-0.15, -0.1) is 0 Å². The summed E-state index contributed by atoms with van der Waals surface area (Å²) in [7, 11) is 0. The van der Waals surface area contributed by atoms with E-state index >= 15 is 0 Å². The van der Waals surface area contributed by atoms with E-state index in [1.54, 1.807) is 36.0 Å². The Morgan fingerprint density at radius 3 is 2.14 bits per heavy atom. The molecule has 108 valence electrons. The van der Waals surface area contributed by atoms with Gasteiger partial charge >= 0.3 is 0 Å². The molecule has 0 N–H and O–H groups in total. The molecule has 0 aliphatic rings. The first-order chi connectivity index (χ1) is 10.7. The highest BCUT2D eigenvalue weighted by Gasteiger charge is 2.14. The molecule has 3 aromatic carbocycles. The van der Waals surface area contributed by atoms with E-state index in [1.807, 2.05) is 54.6 Å². The molecule has 0 bridgehead atoms. The maximum atomic E-state index is 12.7. The van der Waals surface area contributed by atoms with Crippen molar-refractivity contribution in [3.05, 3.63) is 95.0 Å². The van der Waals surface area contributed by atoms with Crippen LogP contribution in [-0.2, 0) is 0 Å². The van der Waals surface area contributed by atoms with Crippen LogP contribution in [0.4, 0.5) is 0 Å². The van der Waals surface area contributed by atoms with Crippen molar-refractivity contribution in [1.82, 2.24) is 0 Å². The van der Waals surface area contributed by atoms with E-state index in [-0.39, 0.29) is 5.78 Å². The lowest BCUT2D eigenvalue weighted by atomic mass is 10.0. The first kappa shape index (κ1) is 14.9.